The molecular weight excluding hydrogens is 485 g/mol. The first-order valence-corrected chi connectivity index (χ1v) is 10.8. The number of para-hydroxylation sites is 1. The summed E-state index contributed by atoms with van der Waals surface area (Å²) in [4.78, 5) is 27.4. The molecule has 1 fully saturated rings. The molecule has 0 spiro atoms. The topological polar surface area (TPSA) is 61.4 Å². The highest BCUT2D eigenvalue weighted by atomic mass is 127. The average Bonchev–Trinajstić information content (AvgIpc) is 2.97. The van der Waals surface area contributed by atoms with Gasteiger partial charge in [-0.25, -0.2) is 0 Å². The molecule has 2 aromatic carbocycles. The molecule has 1 aliphatic heterocycles. The smallest absolute Gasteiger partial charge is 0.258 e. The van der Waals surface area contributed by atoms with Gasteiger partial charge in [0.05, 0.1) is 16.8 Å². The van der Waals surface area contributed by atoms with Crippen LogP contribution in [0.4, 0.5) is 5.69 Å². The van der Waals surface area contributed by atoms with Crippen LogP contribution in [0.1, 0.15) is 46.4 Å². The second-order valence-corrected chi connectivity index (χ2v) is 8.21. The summed E-state index contributed by atoms with van der Waals surface area (Å²) in [5.74, 6) is -0.282. The summed E-state index contributed by atoms with van der Waals surface area (Å²) < 4.78 is 0.845. The van der Waals surface area contributed by atoms with Crippen LogP contribution in [0.15, 0.2) is 48.5 Å². The highest BCUT2D eigenvalue weighted by Crippen LogP contribution is 2.20. The van der Waals surface area contributed by atoms with Crippen molar-refractivity contribution in [1.82, 2.24) is 10.2 Å². The molecule has 0 aliphatic carbocycles. The van der Waals surface area contributed by atoms with Crippen LogP contribution in [0.2, 0.25) is 0 Å². The highest BCUT2D eigenvalue weighted by Gasteiger charge is 2.20. The van der Waals surface area contributed by atoms with Gasteiger partial charge >= 0.3 is 0 Å². The number of hydrogen-bond acceptors (Lipinski definition) is 3. The van der Waals surface area contributed by atoms with Crippen LogP contribution in [0, 0.1) is 3.57 Å². The maximum absolute atomic E-state index is 13.0. The van der Waals surface area contributed by atoms with E-state index < -0.39 is 0 Å². The van der Waals surface area contributed by atoms with Crippen molar-refractivity contribution in [1.29, 1.82) is 0 Å². The van der Waals surface area contributed by atoms with Gasteiger partial charge in [0.2, 0.25) is 0 Å². The van der Waals surface area contributed by atoms with Crippen LogP contribution in [0.25, 0.3) is 0 Å². The van der Waals surface area contributed by atoms with Crippen molar-refractivity contribution in [2.75, 3.05) is 18.4 Å². The van der Waals surface area contributed by atoms with Gasteiger partial charge in [0, 0.05) is 16.7 Å². The van der Waals surface area contributed by atoms with Crippen molar-refractivity contribution in [2.24, 2.45) is 0 Å². The standard InChI is InChI=1S/C21H22IN3O2S/c22-17-11-5-3-9-15(17)19(26)24-21(28)23-18-12-6-4-10-16(18)20(27)25-13-7-1-2-8-14-25/h3-6,9-12H,1-2,7-8,13-14H2,(H2,23,24,26,28). The first-order valence-electron chi connectivity index (χ1n) is 9.31. The third kappa shape index (κ3) is 5.29. The predicted octanol–water partition coefficient (Wildman–Crippen LogP) is 4.43. The van der Waals surface area contributed by atoms with Crippen molar-refractivity contribution < 1.29 is 9.59 Å². The van der Waals surface area contributed by atoms with Gasteiger partial charge in [-0.15, -0.1) is 0 Å². The minimum absolute atomic E-state index is 0.00302. The minimum atomic E-state index is -0.279. The number of nitrogens with one attached hydrogen (secondary N) is 2. The van der Waals surface area contributed by atoms with Gasteiger partial charge in [-0.2, -0.15) is 0 Å². The van der Waals surface area contributed by atoms with Gasteiger partial charge in [-0.3, -0.25) is 14.9 Å². The molecule has 0 radical (unpaired) electrons. The van der Waals surface area contributed by atoms with Gasteiger partial charge in [-0.05, 0) is 71.9 Å². The molecule has 1 aliphatic rings. The van der Waals surface area contributed by atoms with E-state index in [1.807, 2.05) is 35.2 Å². The van der Waals surface area contributed by atoms with Gasteiger partial charge in [0.15, 0.2) is 5.11 Å². The average molecular weight is 507 g/mol. The first-order chi connectivity index (χ1) is 13.6. The molecule has 1 heterocycles. The third-order valence-electron chi connectivity index (χ3n) is 4.64. The van der Waals surface area contributed by atoms with E-state index in [1.54, 1.807) is 18.2 Å². The van der Waals surface area contributed by atoms with E-state index in [9.17, 15) is 9.59 Å². The molecule has 2 aromatic rings. The number of carbonyl (C=O) groups excluding carboxylic acids is 2. The number of thiocarbonyl (C=S) groups is 1. The Labute approximate surface area is 184 Å². The zero-order valence-corrected chi connectivity index (χ0v) is 18.4. The van der Waals surface area contributed by atoms with E-state index in [4.69, 9.17) is 12.2 Å². The fraction of sp³-hybridized carbons (Fsp3) is 0.286. The van der Waals surface area contributed by atoms with Crippen LogP contribution < -0.4 is 10.6 Å². The predicted molar refractivity (Wildman–Crippen MR) is 124 cm³/mol. The number of rotatable bonds is 3. The summed E-state index contributed by atoms with van der Waals surface area (Å²) in [5, 5.41) is 5.88. The van der Waals surface area contributed by atoms with Gasteiger partial charge in [0.25, 0.3) is 11.8 Å². The Balaban J connectivity index is 1.70. The monoisotopic (exact) mass is 507 g/mol. The van der Waals surface area contributed by atoms with E-state index in [2.05, 4.69) is 33.2 Å². The first kappa shape index (κ1) is 20.7. The molecule has 3 rings (SSSR count). The lowest BCUT2D eigenvalue weighted by Crippen LogP contribution is -2.36. The fourth-order valence-electron chi connectivity index (χ4n) is 3.19. The highest BCUT2D eigenvalue weighted by molar-refractivity contribution is 14.1. The van der Waals surface area contributed by atoms with E-state index in [1.165, 1.54) is 0 Å². The molecule has 0 saturated carbocycles. The Morgan fingerprint density at radius 1 is 0.893 bits per heavy atom. The lowest BCUT2D eigenvalue weighted by Gasteiger charge is -2.22. The lowest BCUT2D eigenvalue weighted by atomic mass is 10.1. The molecule has 0 atom stereocenters. The normalized spacial score (nSPS) is 14.1. The van der Waals surface area contributed by atoms with Crippen LogP contribution >= 0.6 is 34.8 Å². The van der Waals surface area contributed by atoms with E-state index in [0.717, 1.165) is 42.3 Å². The molecule has 28 heavy (non-hydrogen) atoms. The number of carbonyl (C=O) groups is 2. The molecular formula is C21H22IN3O2S. The van der Waals surface area contributed by atoms with Crippen LogP contribution in [-0.4, -0.2) is 34.9 Å². The maximum Gasteiger partial charge on any atom is 0.258 e. The Kier molecular flexibility index (Phi) is 7.38. The maximum atomic E-state index is 13.0. The Bertz CT molecular complexity index is 879. The molecule has 0 bridgehead atoms. The number of likely N-dealkylation sites (tertiary alicyclic amines) is 1. The molecule has 146 valence electrons. The number of amides is 2. The summed E-state index contributed by atoms with van der Waals surface area (Å²) in [6, 6.07) is 14.6. The zero-order valence-electron chi connectivity index (χ0n) is 15.4. The van der Waals surface area contributed by atoms with E-state index in [0.29, 0.717) is 16.8 Å². The molecule has 7 heteroatoms. The lowest BCUT2D eigenvalue weighted by molar-refractivity contribution is 0.0762. The molecule has 2 amide bonds. The van der Waals surface area contributed by atoms with Crippen molar-refractivity contribution >= 4 is 57.4 Å². The summed E-state index contributed by atoms with van der Waals surface area (Å²) in [6.45, 7) is 1.56. The quantitative estimate of drug-likeness (QED) is 0.477. The Hall–Kier alpha value is -2.00. The van der Waals surface area contributed by atoms with Crippen molar-refractivity contribution in [3.8, 4) is 0 Å². The Morgan fingerprint density at radius 3 is 2.18 bits per heavy atom. The number of nitrogens with zero attached hydrogens (tertiary/aromatic N) is 1. The number of halogens is 1. The molecule has 1 saturated heterocycles. The SMILES string of the molecule is O=C(NC(=S)Nc1ccccc1C(=O)N1CCCCCC1)c1ccccc1I. The second-order valence-electron chi connectivity index (χ2n) is 6.64. The van der Waals surface area contributed by atoms with Crippen LogP contribution in [0.3, 0.4) is 0 Å². The molecule has 0 unspecified atom stereocenters. The van der Waals surface area contributed by atoms with Crippen molar-refractivity contribution in [2.45, 2.75) is 25.7 Å². The van der Waals surface area contributed by atoms with Gasteiger partial charge < -0.3 is 10.2 Å². The number of hydrogen-bond donors (Lipinski definition) is 2. The minimum Gasteiger partial charge on any atom is -0.339 e. The third-order valence-corrected chi connectivity index (χ3v) is 5.79. The summed E-state index contributed by atoms with van der Waals surface area (Å²) >= 11 is 7.42. The van der Waals surface area contributed by atoms with Crippen molar-refractivity contribution in [3.63, 3.8) is 0 Å². The molecule has 2 N–H and O–H groups in total. The van der Waals surface area contributed by atoms with E-state index in [-0.39, 0.29) is 16.9 Å². The van der Waals surface area contributed by atoms with Crippen molar-refractivity contribution in [3.05, 3.63) is 63.2 Å². The van der Waals surface area contributed by atoms with E-state index >= 15 is 0 Å². The van der Waals surface area contributed by atoms with Gasteiger partial charge in [-0.1, -0.05) is 37.1 Å². The molecule has 0 aromatic heterocycles. The number of benzene rings is 2. The largest absolute Gasteiger partial charge is 0.339 e. The van der Waals surface area contributed by atoms with Crippen LogP contribution in [-0.2, 0) is 0 Å². The number of anilines is 1. The summed E-state index contributed by atoms with van der Waals surface area (Å²) in [5.41, 5.74) is 1.72. The Morgan fingerprint density at radius 2 is 1.50 bits per heavy atom. The summed E-state index contributed by atoms with van der Waals surface area (Å²) in [7, 11) is 0. The fourth-order valence-corrected chi connectivity index (χ4v) is 4.03. The van der Waals surface area contributed by atoms with Gasteiger partial charge in [0.1, 0.15) is 0 Å². The zero-order chi connectivity index (χ0) is 19.9. The van der Waals surface area contributed by atoms with Crippen LogP contribution in [0.5, 0.6) is 0 Å². The summed E-state index contributed by atoms with van der Waals surface area (Å²) in [6.07, 6.45) is 4.40. The molecule has 5 nitrogen and oxygen atoms in total. The second kappa shape index (κ2) is 9.97.